The molecule has 0 amide bonds. The van der Waals surface area contributed by atoms with Gasteiger partial charge in [0.2, 0.25) is 0 Å². The van der Waals surface area contributed by atoms with Gasteiger partial charge in [-0.3, -0.25) is 0 Å². The van der Waals surface area contributed by atoms with Crippen molar-refractivity contribution in [1.29, 1.82) is 0 Å². The lowest BCUT2D eigenvalue weighted by atomic mass is 9.85. The van der Waals surface area contributed by atoms with Gasteiger partial charge in [0, 0.05) is 12.3 Å². The second-order valence-corrected chi connectivity index (χ2v) is 5.90. The zero-order valence-corrected chi connectivity index (χ0v) is 15.3. The minimum atomic E-state index is 0.0951. The van der Waals surface area contributed by atoms with Crippen LogP contribution in [-0.4, -0.2) is 19.3 Å². The normalized spacial score (nSPS) is 12.4. The molecule has 0 aliphatic carbocycles. The highest BCUT2D eigenvalue weighted by atomic mass is 16.5. The molecule has 0 aromatic heterocycles. The van der Waals surface area contributed by atoms with Gasteiger partial charge >= 0.3 is 0 Å². The molecule has 0 unspecified atom stereocenters. The first-order chi connectivity index (χ1) is 12.1. The van der Waals surface area contributed by atoms with Crippen molar-refractivity contribution in [3.05, 3.63) is 83.1 Å². The van der Waals surface area contributed by atoms with E-state index in [1.165, 1.54) is 11.1 Å². The van der Waals surface area contributed by atoms with Gasteiger partial charge in [-0.2, -0.15) is 0 Å². The Morgan fingerprint density at radius 3 is 1.68 bits per heavy atom. The number of rotatable bonds is 7. The summed E-state index contributed by atoms with van der Waals surface area (Å²) < 4.78 is 10.5. The van der Waals surface area contributed by atoms with E-state index in [2.05, 4.69) is 31.2 Å². The van der Waals surface area contributed by atoms with E-state index in [1.807, 2.05) is 37.3 Å². The smallest absolute Gasteiger partial charge is 0.118 e. The van der Waals surface area contributed by atoms with Gasteiger partial charge < -0.3 is 14.6 Å². The second kappa shape index (κ2) is 8.97. The van der Waals surface area contributed by atoms with E-state index < -0.39 is 0 Å². The zero-order chi connectivity index (χ0) is 18.2. The Morgan fingerprint density at radius 2 is 1.32 bits per heavy atom. The second-order valence-electron chi connectivity index (χ2n) is 5.90. The fourth-order valence-electron chi connectivity index (χ4n) is 2.75. The van der Waals surface area contributed by atoms with Crippen molar-refractivity contribution in [2.45, 2.75) is 26.2 Å². The topological polar surface area (TPSA) is 38.7 Å². The summed E-state index contributed by atoms with van der Waals surface area (Å²) >= 11 is 0. The summed E-state index contributed by atoms with van der Waals surface area (Å²) in [5.41, 5.74) is 3.49. The third kappa shape index (κ3) is 4.90. The van der Waals surface area contributed by atoms with Gasteiger partial charge in [0.05, 0.1) is 20.0 Å². The fraction of sp³-hybridized carbons (Fsp3) is 0.273. The highest BCUT2D eigenvalue weighted by molar-refractivity contribution is 5.44. The molecule has 0 radical (unpaired) electrons. The number of hydrogen-bond donors (Lipinski definition) is 1. The summed E-state index contributed by atoms with van der Waals surface area (Å²) in [6.07, 6.45) is 4.38. The quantitative estimate of drug-likeness (QED) is 0.525. The highest BCUT2D eigenvalue weighted by Gasteiger charge is 2.16. The number of aliphatic hydroxyl groups excluding tert-OH is 1. The lowest BCUT2D eigenvalue weighted by Crippen LogP contribution is -2.03. The van der Waals surface area contributed by atoms with E-state index in [1.54, 1.807) is 20.3 Å². The van der Waals surface area contributed by atoms with Crippen molar-refractivity contribution < 1.29 is 14.6 Å². The van der Waals surface area contributed by atoms with Crippen molar-refractivity contribution in [2.75, 3.05) is 14.2 Å². The zero-order valence-electron chi connectivity index (χ0n) is 15.3. The Hall–Kier alpha value is -2.68. The monoisotopic (exact) mass is 338 g/mol. The number of benzene rings is 2. The van der Waals surface area contributed by atoms with Gasteiger partial charge in [0.25, 0.3) is 0 Å². The molecule has 0 heterocycles. The summed E-state index contributed by atoms with van der Waals surface area (Å²) in [4.78, 5) is 0. The van der Waals surface area contributed by atoms with E-state index >= 15 is 0 Å². The first-order valence-electron chi connectivity index (χ1n) is 8.43. The van der Waals surface area contributed by atoms with Crippen LogP contribution >= 0.6 is 0 Å². The van der Waals surface area contributed by atoms with E-state index in [0.29, 0.717) is 12.2 Å². The minimum absolute atomic E-state index is 0.0951. The fourth-order valence-corrected chi connectivity index (χ4v) is 2.75. The van der Waals surface area contributed by atoms with Crippen molar-refractivity contribution in [1.82, 2.24) is 0 Å². The molecule has 0 bridgehead atoms. The maximum Gasteiger partial charge on any atom is 0.118 e. The summed E-state index contributed by atoms with van der Waals surface area (Å²) in [6, 6.07) is 16.2. The van der Waals surface area contributed by atoms with Gasteiger partial charge in [-0.05, 0) is 48.4 Å². The van der Waals surface area contributed by atoms with Crippen LogP contribution in [0.3, 0.4) is 0 Å². The summed E-state index contributed by atoms with van der Waals surface area (Å²) in [5, 5.41) is 9.75. The first-order valence-corrected chi connectivity index (χ1v) is 8.43. The standard InChI is InChI=1S/C22H26O3/c1-5-19(23)11-6-16(2)22(17-7-12-20(24-3)13-8-17)18-9-14-21(25-4)15-10-18/h6-15,22-23H,5H2,1-4H3/b16-6+,19-11+. The van der Waals surface area contributed by atoms with Crippen LogP contribution in [0, 0.1) is 0 Å². The van der Waals surface area contributed by atoms with Crippen LogP contribution in [0.4, 0.5) is 0 Å². The molecular weight excluding hydrogens is 312 g/mol. The van der Waals surface area contributed by atoms with Crippen molar-refractivity contribution in [3.63, 3.8) is 0 Å². The van der Waals surface area contributed by atoms with Crippen LogP contribution in [-0.2, 0) is 0 Å². The molecule has 0 aliphatic heterocycles. The van der Waals surface area contributed by atoms with Crippen LogP contribution in [0.2, 0.25) is 0 Å². The molecule has 132 valence electrons. The Balaban J connectivity index is 2.45. The summed E-state index contributed by atoms with van der Waals surface area (Å²) in [7, 11) is 3.33. The molecule has 0 spiro atoms. The van der Waals surface area contributed by atoms with Crippen LogP contribution in [0.1, 0.15) is 37.3 Å². The molecule has 2 aromatic rings. The van der Waals surface area contributed by atoms with E-state index in [9.17, 15) is 5.11 Å². The molecule has 3 heteroatoms. The van der Waals surface area contributed by atoms with Crippen LogP contribution in [0.15, 0.2) is 72.0 Å². The van der Waals surface area contributed by atoms with E-state index in [4.69, 9.17) is 9.47 Å². The average molecular weight is 338 g/mol. The highest BCUT2D eigenvalue weighted by Crippen LogP contribution is 2.33. The Kier molecular flexibility index (Phi) is 6.70. The van der Waals surface area contributed by atoms with Crippen LogP contribution < -0.4 is 9.47 Å². The lowest BCUT2D eigenvalue weighted by Gasteiger charge is -2.20. The van der Waals surface area contributed by atoms with E-state index in [-0.39, 0.29) is 5.92 Å². The summed E-state index contributed by atoms with van der Waals surface area (Å²) in [6.45, 7) is 4.01. The Labute approximate surface area is 150 Å². The molecule has 0 fully saturated rings. The van der Waals surface area contributed by atoms with Gasteiger partial charge in [-0.15, -0.1) is 0 Å². The van der Waals surface area contributed by atoms with Crippen LogP contribution in [0.25, 0.3) is 0 Å². The Bertz CT molecular complexity index is 677. The molecule has 25 heavy (non-hydrogen) atoms. The molecule has 0 aliphatic rings. The van der Waals surface area contributed by atoms with Gasteiger partial charge in [0.15, 0.2) is 0 Å². The Morgan fingerprint density at radius 1 is 0.880 bits per heavy atom. The number of allylic oxidation sites excluding steroid dienone is 4. The van der Waals surface area contributed by atoms with Gasteiger partial charge in [-0.25, -0.2) is 0 Å². The maximum atomic E-state index is 9.75. The van der Waals surface area contributed by atoms with Crippen LogP contribution in [0.5, 0.6) is 11.5 Å². The molecular formula is C22H26O3. The number of ether oxygens (including phenoxy) is 2. The number of aliphatic hydroxyl groups is 1. The molecule has 1 N–H and O–H groups in total. The third-order valence-electron chi connectivity index (χ3n) is 4.25. The number of methoxy groups -OCH3 is 2. The molecule has 0 saturated heterocycles. The summed E-state index contributed by atoms with van der Waals surface area (Å²) in [5.74, 6) is 2.14. The lowest BCUT2D eigenvalue weighted by molar-refractivity contribution is 0.394. The molecule has 2 rings (SSSR count). The van der Waals surface area contributed by atoms with Crippen molar-refractivity contribution in [2.24, 2.45) is 0 Å². The predicted octanol–water partition coefficient (Wildman–Crippen LogP) is 5.63. The predicted molar refractivity (Wildman–Crippen MR) is 103 cm³/mol. The van der Waals surface area contributed by atoms with Crippen molar-refractivity contribution in [3.8, 4) is 11.5 Å². The maximum absolute atomic E-state index is 9.75. The molecule has 0 atom stereocenters. The van der Waals surface area contributed by atoms with Crippen molar-refractivity contribution >= 4 is 0 Å². The van der Waals surface area contributed by atoms with Gasteiger partial charge in [0.1, 0.15) is 11.5 Å². The molecule has 2 aromatic carbocycles. The van der Waals surface area contributed by atoms with E-state index in [0.717, 1.165) is 17.1 Å². The molecule has 0 saturated carbocycles. The first kappa shape index (κ1) is 18.7. The average Bonchev–Trinajstić information content (AvgIpc) is 2.67. The SMILES string of the molecule is CC/C(O)=C\C=C(/C)C(c1ccc(OC)cc1)c1ccc(OC)cc1. The van der Waals surface area contributed by atoms with Gasteiger partial charge in [-0.1, -0.05) is 42.8 Å². The minimum Gasteiger partial charge on any atom is -0.512 e. The number of hydrogen-bond acceptors (Lipinski definition) is 3. The third-order valence-corrected chi connectivity index (χ3v) is 4.25. The molecule has 3 nitrogen and oxygen atoms in total. The largest absolute Gasteiger partial charge is 0.512 e.